The van der Waals surface area contributed by atoms with Crippen molar-refractivity contribution in [2.75, 3.05) is 32.6 Å². The molecule has 9 nitrogen and oxygen atoms in total. The van der Waals surface area contributed by atoms with Gasteiger partial charge in [0.05, 0.1) is 23.6 Å². The first-order chi connectivity index (χ1) is 17.2. The summed E-state index contributed by atoms with van der Waals surface area (Å²) in [7, 11) is -3.26. The van der Waals surface area contributed by atoms with E-state index in [0.29, 0.717) is 32.2 Å². The van der Waals surface area contributed by atoms with E-state index in [1.54, 1.807) is 29.2 Å². The monoisotopic (exact) mass is 529 g/mol. The fourth-order valence-corrected chi connectivity index (χ4v) is 6.51. The number of hydrogen-bond donors (Lipinski definition) is 0. The molecule has 3 aliphatic rings. The molecule has 11 heteroatoms. The van der Waals surface area contributed by atoms with Crippen molar-refractivity contribution in [2.45, 2.75) is 36.4 Å². The highest BCUT2D eigenvalue weighted by atomic mass is 32.2. The summed E-state index contributed by atoms with van der Waals surface area (Å²) in [4.78, 5) is 23.7. The number of hydrogen-bond acceptors (Lipinski definition) is 9. The molecule has 3 fully saturated rings. The number of carbonyl (C=O) groups is 1. The van der Waals surface area contributed by atoms with E-state index in [-0.39, 0.29) is 34.5 Å². The van der Waals surface area contributed by atoms with Gasteiger partial charge in [-0.05, 0) is 37.5 Å². The van der Waals surface area contributed by atoms with E-state index in [1.165, 1.54) is 23.9 Å². The van der Waals surface area contributed by atoms with E-state index in [0.717, 1.165) is 34.2 Å². The highest BCUT2D eigenvalue weighted by molar-refractivity contribution is 7.90. The zero-order chi connectivity index (χ0) is 25.1. The van der Waals surface area contributed by atoms with Crippen molar-refractivity contribution in [3.8, 4) is 17.0 Å². The number of ether oxygens (including phenoxy) is 3. The van der Waals surface area contributed by atoms with Crippen LogP contribution in [0.4, 0.5) is 4.79 Å². The number of rotatable bonds is 5. The molecule has 3 aromatic rings. The minimum atomic E-state index is -3.26. The van der Waals surface area contributed by atoms with E-state index in [2.05, 4.69) is 9.97 Å². The van der Waals surface area contributed by atoms with Gasteiger partial charge in [-0.25, -0.2) is 23.2 Å². The van der Waals surface area contributed by atoms with Gasteiger partial charge in [0, 0.05) is 42.1 Å². The Morgan fingerprint density at radius 1 is 1.14 bits per heavy atom. The van der Waals surface area contributed by atoms with E-state index in [4.69, 9.17) is 14.2 Å². The van der Waals surface area contributed by atoms with Crippen molar-refractivity contribution in [1.82, 2.24) is 14.9 Å². The van der Waals surface area contributed by atoms with Gasteiger partial charge >= 0.3 is 6.09 Å². The lowest BCUT2D eigenvalue weighted by Gasteiger charge is -2.46. The van der Waals surface area contributed by atoms with Crippen LogP contribution in [0.2, 0.25) is 0 Å². The Morgan fingerprint density at radius 3 is 2.47 bits per heavy atom. The quantitative estimate of drug-likeness (QED) is 0.492. The van der Waals surface area contributed by atoms with Crippen LogP contribution in [0.15, 0.2) is 40.9 Å². The molecule has 6 rings (SSSR count). The Morgan fingerprint density at radius 2 is 1.83 bits per heavy atom. The van der Waals surface area contributed by atoms with Crippen molar-refractivity contribution in [2.24, 2.45) is 11.8 Å². The Bertz CT molecular complexity index is 1400. The van der Waals surface area contributed by atoms with Crippen LogP contribution in [-0.4, -0.2) is 73.6 Å². The smallest absolute Gasteiger partial charge is 0.410 e. The number of thiophene rings is 1. The number of amides is 1. The average Bonchev–Trinajstić information content (AvgIpc) is 3.39. The summed E-state index contributed by atoms with van der Waals surface area (Å²) in [6, 6.07) is 6.80. The summed E-state index contributed by atoms with van der Waals surface area (Å²) in [6.07, 6.45) is 4.15. The Kier molecular flexibility index (Phi) is 5.69. The summed E-state index contributed by atoms with van der Waals surface area (Å²) >= 11 is 1.50. The maximum Gasteiger partial charge on any atom is 0.410 e. The molecule has 2 unspecified atom stereocenters. The molecule has 36 heavy (non-hydrogen) atoms. The van der Waals surface area contributed by atoms with Crippen LogP contribution in [0.25, 0.3) is 21.3 Å². The third kappa shape index (κ3) is 4.44. The van der Waals surface area contributed by atoms with E-state index < -0.39 is 9.84 Å². The number of nitrogens with zero attached hydrogens (tertiary/aromatic N) is 3. The molecule has 190 valence electrons. The van der Waals surface area contributed by atoms with Crippen LogP contribution < -0.4 is 4.74 Å². The van der Waals surface area contributed by atoms with Crippen molar-refractivity contribution in [3.05, 3.63) is 36.0 Å². The van der Waals surface area contributed by atoms with Crippen molar-refractivity contribution in [3.63, 3.8) is 0 Å². The normalized spacial score (nSPS) is 24.9. The zero-order valence-corrected chi connectivity index (χ0v) is 21.7. The standard InChI is InChI=1S/C25H27N3O6S2/c1-25(7-8-25)34-24(29)28-9-16-11-32-12-17(10-28)21(16)33-23-22-20(26-14-27-23)19(13-35-22)15-3-5-18(6-4-15)36(2,30)31/h3-6,13-14,16-17,21H,7-12H2,1-2H3. The van der Waals surface area contributed by atoms with Crippen molar-refractivity contribution >= 4 is 37.5 Å². The van der Waals surface area contributed by atoms with Gasteiger partial charge in [0.15, 0.2) is 9.84 Å². The van der Waals surface area contributed by atoms with Gasteiger partial charge in [-0.15, -0.1) is 11.3 Å². The van der Waals surface area contributed by atoms with Gasteiger partial charge in [0.2, 0.25) is 5.88 Å². The second-order valence-electron chi connectivity index (χ2n) is 10.2. The molecule has 1 amide bonds. The topological polar surface area (TPSA) is 108 Å². The van der Waals surface area contributed by atoms with Crippen molar-refractivity contribution in [1.29, 1.82) is 0 Å². The van der Waals surface area contributed by atoms with Crippen LogP contribution in [0.3, 0.4) is 0 Å². The number of sulfone groups is 1. The highest BCUT2D eigenvalue weighted by Crippen LogP contribution is 2.41. The molecular weight excluding hydrogens is 502 g/mol. The second-order valence-corrected chi connectivity index (χ2v) is 13.1. The van der Waals surface area contributed by atoms with Gasteiger partial charge < -0.3 is 19.1 Å². The SMILES string of the molecule is CC1(OC(=O)N2CC3COCC(C2)C3Oc2ncnc3c(-c4ccc(S(C)(=O)=O)cc4)csc23)CC1. The molecule has 2 aromatic heterocycles. The predicted molar refractivity (Wildman–Crippen MR) is 134 cm³/mol. The average molecular weight is 530 g/mol. The molecule has 2 saturated heterocycles. The second kappa shape index (κ2) is 8.67. The van der Waals surface area contributed by atoms with Crippen LogP contribution in [-0.2, 0) is 19.3 Å². The first-order valence-corrected chi connectivity index (χ1v) is 14.7. The number of benzene rings is 1. The third-order valence-corrected chi connectivity index (χ3v) is 9.30. The Balaban J connectivity index is 1.23. The van der Waals surface area contributed by atoms with Crippen molar-refractivity contribution < 1.29 is 27.4 Å². The maximum atomic E-state index is 12.7. The Hall–Kier alpha value is -2.76. The molecule has 4 heterocycles. The number of aromatic nitrogens is 2. The summed E-state index contributed by atoms with van der Waals surface area (Å²) in [6.45, 7) is 4.04. The number of carbonyl (C=O) groups excluding carboxylic acids is 1. The summed E-state index contributed by atoms with van der Waals surface area (Å²) in [5.41, 5.74) is 2.24. The van der Waals surface area contributed by atoms with Gasteiger partial charge in [0.25, 0.3) is 0 Å². The van der Waals surface area contributed by atoms with Crippen LogP contribution >= 0.6 is 11.3 Å². The fraction of sp³-hybridized carbons (Fsp3) is 0.480. The first-order valence-electron chi connectivity index (χ1n) is 12.0. The lowest BCUT2D eigenvalue weighted by atomic mass is 9.84. The van der Waals surface area contributed by atoms with Gasteiger partial charge in [-0.3, -0.25) is 0 Å². The number of piperidine rings is 1. The Labute approximate surface area is 213 Å². The zero-order valence-electron chi connectivity index (χ0n) is 20.0. The molecule has 2 aliphatic heterocycles. The fourth-order valence-electron chi connectivity index (χ4n) is 4.92. The molecule has 1 aliphatic carbocycles. The minimum Gasteiger partial charge on any atom is -0.472 e. The van der Waals surface area contributed by atoms with Crippen LogP contribution in [0, 0.1) is 11.8 Å². The van der Waals surface area contributed by atoms with E-state index >= 15 is 0 Å². The van der Waals surface area contributed by atoms with Crippen LogP contribution in [0.1, 0.15) is 19.8 Å². The summed E-state index contributed by atoms with van der Waals surface area (Å²) in [5.74, 6) is 0.558. The first kappa shape index (κ1) is 23.6. The van der Waals surface area contributed by atoms with E-state index in [9.17, 15) is 13.2 Å². The number of likely N-dealkylation sites (tertiary alicyclic amines) is 1. The molecule has 1 saturated carbocycles. The summed E-state index contributed by atoms with van der Waals surface area (Å²) < 4.78 is 42.4. The molecular formula is C25H27N3O6S2. The largest absolute Gasteiger partial charge is 0.472 e. The predicted octanol–water partition coefficient (Wildman–Crippen LogP) is 3.78. The lowest BCUT2D eigenvalue weighted by molar-refractivity contribution is -0.111. The van der Waals surface area contributed by atoms with E-state index in [1.807, 2.05) is 12.3 Å². The molecule has 0 N–H and O–H groups in total. The third-order valence-electron chi connectivity index (χ3n) is 7.21. The molecule has 1 aromatic carbocycles. The van der Waals surface area contributed by atoms with Gasteiger partial charge in [-0.1, -0.05) is 12.1 Å². The number of fused-ring (bicyclic) bond motifs is 3. The highest BCUT2D eigenvalue weighted by Gasteiger charge is 2.47. The van der Waals surface area contributed by atoms with Gasteiger partial charge in [-0.2, -0.15) is 0 Å². The minimum absolute atomic E-state index is 0.0186. The molecule has 2 atom stereocenters. The van der Waals surface area contributed by atoms with Crippen LogP contribution in [0.5, 0.6) is 5.88 Å². The maximum absolute atomic E-state index is 12.7. The van der Waals surface area contributed by atoms with Gasteiger partial charge in [0.1, 0.15) is 22.7 Å². The molecule has 0 spiro atoms. The molecule has 2 bridgehead atoms. The lowest BCUT2D eigenvalue weighted by Crippen LogP contribution is -2.59. The molecule has 0 radical (unpaired) electrons. The summed E-state index contributed by atoms with van der Waals surface area (Å²) in [5, 5.41) is 1.99.